The van der Waals surface area contributed by atoms with Gasteiger partial charge in [-0.1, -0.05) is 17.3 Å². The van der Waals surface area contributed by atoms with E-state index in [1.807, 2.05) is 14.0 Å². The van der Waals surface area contributed by atoms with Crippen LogP contribution in [-0.2, 0) is 13.6 Å². The molecule has 1 aromatic carbocycles. The van der Waals surface area contributed by atoms with Gasteiger partial charge in [-0.3, -0.25) is 4.68 Å². The van der Waals surface area contributed by atoms with E-state index >= 15 is 0 Å². The highest BCUT2D eigenvalue weighted by Gasteiger charge is 2.06. The third-order valence-corrected chi connectivity index (χ3v) is 2.77. The monoisotopic (exact) mass is 234 g/mol. The van der Waals surface area contributed by atoms with E-state index in [0.29, 0.717) is 6.54 Å². The summed E-state index contributed by atoms with van der Waals surface area (Å²) in [5.41, 5.74) is 2.07. The SMILES string of the molecule is C[C@@H](NCc1cnnn1C)c1ccc(F)cc1. The summed E-state index contributed by atoms with van der Waals surface area (Å²) in [6, 6.07) is 6.67. The average Bonchev–Trinajstić information content (AvgIpc) is 2.73. The van der Waals surface area contributed by atoms with E-state index in [1.165, 1.54) is 12.1 Å². The summed E-state index contributed by atoms with van der Waals surface area (Å²) in [6.45, 7) is 2.72. The van der Waals surface area contributed by atoms with Gasteiger partial charge in [0, 0.05) is 19.6 Å². The number of halogens is 1. The van der Waals surface area contributed by atoms with Gasteiger partial charge in [-0.25, -0.2) is 4.39 Å². The quantitative estimate of drug-likeness (QED) is 0.877. The van der Waals surface area contributed by atoms with Gasteiger partial charge in [-0.15, -0.1) is 5.10 Å². The molecule has 0 bridgehead atoms. The van der Waals surface area contributed by atoms with Crippen molar-refractivity contribution in [3.63, 3.8) is 0 Å². The Labute approximate surface area is 99.5 Å². The fourth-order valence-electron chi connectivity index (χ4n) is 1.60. The Morgan fingerprint density at radius 1 is 1.35 bits per heavy atom. The summed E-state index contributed by atoms with van der Waals surface area (Å²) in [4.78, 5) is 0. The molecule has 0 spiro atoms. The zero-order valence-electron chi connectivity index (χ0n) is 9.89. The van der Waals surface area contributed by atoms with Crippen molar-refractivity contribution in [2.75, 3.05) is 0 Å². The highest BCUT2D eigenvalue weighted by molar-refractivity contribution is 5.19. The molecule has 1 atom stereocenters. The summed E-state index contributed by atoms with van der Waals surface area (Å²) < 4.78 is 14.5. The second-order valence-corrected chi connectivity index (χ2v) is 4.00. The highest BCUT2D eigenvalue weighted by atomic mass is 19.1. The number of benzene rings is 1. The first-order chi connectivity index (χ1) is 8.16. The van der Waals surface area contributed by atoms with Gasteiger partial charge >= 0.3 is 0 Å². The molecule has 0 aliphatic carbocycles. The number of hydrogen-bond acceptors (Lipinski definition) is 3. The molecule has 0 saturated carbocycles. The Kier molecular flexibility index (Phi) is 3.49. The van der Waals surface area contributed by atoms with Gasteiger partial charge in [-0.2, -0.15) is 0 Å². The van der Waals surface area contributed by atoms with E-state index in [0.717, 1.165) is 11.3 Å². The molecule has 0 aliphatic heterocycles. The lowest BCUT2D eigenvalue weighted by Gasteiger charge is -2.13. The van der Waals surface area contributed by atoms with Crippen LogP contribution in [-0.4, -0.2) is 15.0 Å². The number of aromatic nitrogens is 3. The van der Waals surface area contributed by atoms with Crippen molar-refractivity contribution >= 4 is 0 Å². The Balaban J connectivity index is 1.95. The van der Waals surface area contributed by atoms with Crippen LogP contribution in [0.1, 0.15) is 24.2 Å². The number of nitrogens with one attached hydrogen (secondary N) is 1. The molecule has 0 unspecified atom stereocenters. The highest BCUT2D eigenvalue weighted by Crippen LogP contribution is 2.13. The van der Waals surface area contributed by atoms with Crippen LogP contribution in [0.25, 0.3) is 0 Å². The van der Waals surface area contributed by atoms with Crippen molar-refractivity contribution in [1.82, 2.24) is 20.3 Å². The standard InChI is InChI=1S/C12H15FN4/c1-9(10-3-5-11(13)6-4-10)14-7-12-8-15-16-17(12)2/h3-6,8-9,14H,7H2,1-2H3/t9-/m1/s1. The molecule has 2 aromatic rings. The number of aryl methyl sites for hydroxylation is 1. The van der Waals surface area contributed by atoms with Crippen molar-refractivity contribution < 1.29 is 4.39 Å². The van der Waals surface area contributed by atoms with E-state index in [9.17, 15) is 4.39 Å². The molecular weight excluding hydrogens is 219 g/mol. The van der Waals surface area contributed by atoms with Crippen LogP contribution in [0, 0.1) is 5.82 Å². The van der Waals surface area contributed by atoms with E-state index in [1.54, 1.807) is 23.0 Å². The largest absolute Gasteiger partial charge is 0.305 e. The molecule has 0 fully saturated rings. The maximum absolute atomic E-state index is 12.8. The maximum Gasteiger partial charge on any atom is 0.123 e. The zero-order chi connectivity index (χ0) is 12.3. The minimum atomic E-state index is -0.211. The topological polar surface area (TPSA) is 42.7 Å². The second kappa shape index (κ2) is 5.05. The predicted octanol–water partition coefficient (Wildman–Crippen LogP) is 1.80. The predicted molar refractivity (Wildman–Crippen MR) is 62.7 cm³/mol. The molecular formula is C12H15FN4. The van der Waals surface area contributed by atoms with E-state index in [4.69, 9.17) is 0 Å². The molecule has 1 N–H and O–H groups in total. The van der Waals surface area contributed by atoms with Crippen LogP contribution < -0.4 is 5.32 Å². The molecule has 2 rings (SSSR count). The number of rotatable bonds is 4. The molecule has 0 saturated heterocycles. The Bertz CT molecular complexity index is 478. The minimum absolute atomic E-state index is 0.158. The Morgan fingerprint density at radius 2 is 2.06 bits per heavy atom. The van der Waals surface area contributed by atoms with Gasteiger partial charge in [0.2, 0.25) is 0 Å². The number of nitrogens with zero attached hydrogens (tertiary/aromatic N) is 3. The normalized spacial score (nSPS) is 12.6. The van der Waals surface area contributed by atoms with Crippen LogP contribution >= 0.6 is 0 Å². The maximum atomic E-state index is 12.8. The van der Waals surface area contributed by atoms with E-state index in [-0.39, 0.29) is 11.9 Å². The molecule has 1 heterocycles. The van der Waals surface area contributed by atoms with Gasteiger partial charge in [0.05, 0.1) is 11.9 Å². The number of hydrogen-bond donors (Lipinski definition) is 1. The molecule has 17 heavy (non-hydrogen) atoms. The van der Waals surface area contributed by atoms with Crippen molar-refractivity contribution in [2.45, 2.75) is 19.5 Å². The van der Waals surface area contributed by atoms with E-state index < -0.39 is 0 Å². The van der Waals surface area contributed by atoms with Crippen LogP contribution in [0.2, 0.25) is 0 Å². The molecule has 0 aliphatic rings. The Hall–Kier alpha value is -1.75. The van der Waals surface area contributed by atoms with Gasteiger partial charge in [0.25, 0.3) is 0 Å². The van der Waals surface area contributed by atoms with E-state index in [2.05, 4.69) is 15.6 Å². The first kappa shape index (κ1) is 11.7. The van der Waals surface area contributed by atoms with Crippen molar-refractivity contribution in [3.05, 3.63) is 47.5 Å². The van der Waals surface area contributed by atoms with Crippen molar-refractivity contribution in [1.29, 1.82) is 0 Å². The van der Waals surface area contributed by atoms with Gasteiger partial charge < -0.3 is 5.32 Å². The first-order valence-electron chi connectivity index (χ1n) is 5.49. The Morgan fingerprint density at radius 3 is 2.65 bits per heavy atom. The molecule has 4 nitrogen and oxygen atoms in total. The fourth-order valence-corrected chi connectivity index (χ4v) is 1.60. The second-order valence-electron chi connectivity index (χ2n) is 4.00. The molecule has 0 radical (unpaired) electrons. The average molecular weight is 234 g/mol. The zero-order valence-corrected chi connectivity index (χ0v) is 9.89. The van der Waals surface area contributed by atoms with Gasteiger partial charge in [-0.05, 0) is 24.6 Å². The van der Waals surface area contributed by atoms with Crippen molar-refractivity contribution in [3.8, 4) is 0 Å². The molecule has 90 valence electrons. The third kappa shape index (κ3) is 2.88. The lowest BCUT2D eigenvalue weighted by atomic mass is 10.1. The smallest absolute Gasteiger partial charge is 0.123 e. The molecule has 5 heteroatoms. The molecule has 0 amide bonds. The van der Waals surface area contributed by atoms with Crippen LogP contribution in [0.3, 0.4) is 0 Å². The minimum Gasteiger partial charge on any atom is -0.305 e. The summed E-state index contributed by atoms with van der Waals surface area (Å²) in [5, 5.41) is 11.0. The third-order valence-electron chi connectivity index (χ3n) is 2.77. The first-order valence-corrected chi connectivity index (χ1v) is 5.49. The van der Waals surface area contributed by atoms with Crippen LogP contribution in [0.15, 0.2) is 30.5 Å². The molecule has 1 aromatic heterocycles. The lowest BCUT2D eigenvalue weighted by molar-refractivity contribution is 0.544. The lowest BCUT2D eigenvalue weighted by Crippen LogP contribution is -2.19. The van der Waals surface area contributed by atoms with Gasteiger partial charge in [0.1, 0.15) is 5.82 Å². The summed E-state index contributed by atoms with van der Waals surface area (Å²) in [5.74, 6) is -0.211. The summed E-state index contributed by atoms with van der Waals surface area (Å²) >= 11 is 0. The summed E-state index contributed by atoms with van der Waals surface area (Å²) in [7, 11) is 1.85. The fraction of sp³-hybridized carbons (Fsp3) is 0.333. The van der Waals surface area contributed by atoms with Crippen molar-refractivity contribution in [2.24, 2.45) is 7.05 Å². The van der Waals surface area contributed by atoms with Crippen LogP contribution in [0.4, 0.5) is 4.39 Å². The van der Waals surface area contributed by atoms with Gasteiger partial charge in [0.15, 0.2) is 0 Å². The van der Waals surface area contributed by atoms with Crippen LogP contribution in [0.5, 0.6) is 0 Å². The summed E-state index contributed by atoms with van der Waals surface area (Å²) in [6.07, 6.45) is 1.73.